The highest BCUT2D eigenvalue weighted by Crippen LogP contribution is 2.28. The van der Waals surface area contributed by atoms with Gasteiger partial charge in [-0.3, -0.25) is 4.79 Å². The summed E-state index contributed by atoms with van der Waals surface area (Å²) in [5.74, 6) is 1.84. The second-order valence-corrected chi connectivity index (χ2v) is 6.63. The summed E-state index contributed by atoms with van der Waals surface area (Å²) in [4.78, 5) is 12.0. The van der Waals surface area contributed by atoms with Crippen LogP contribution in [-0.4, -0.2) is 18.6 Å². The number of ether oxygens (including phenoxy) is 1. The van der Waals surface area contributed by atoms with Gasteiger partial charge in [0, 0.05) is 6.54 Å². The van der Waals surface area contributed by atoms with Crippen LogP contribution in [-0.2, 0) is 11.2 Å². The summed E-state index contributed by atoms with van der Waals surface area (Å²) >= 11 is 0. The second kappa shape index (κ2) is 8.82. The molecular weight excluding hydrogens is 274 g/mol. The molecule has 0 saturated heterocycles. The van der Waals surface area contributed by atoms with Gasteiger partial charge in [-0.2, -0.15) is 0 Å². The third-order valence-corrected chi connectivity index (χ3v) is 4.22. The van der Waals surface area contributed by atoms with E-state index in [0.29, 0.717) is 6.42 Å². The molecule has 0 radical (unpaired) electrons. The molecule has 122 valence electrons. The predicted molar refractivity (Wildman–Crippen MR) is 90.1 cm³/mol. The second-order valence-electron chi connectivity index (χ2n) is 6.63. The van der Waals surface area contributed by atoms with E-state index < -0.39 is 0 Å². The highest BCUT2D eigenvalue weighted by Gasteiger charge is 2.14. The van der Waals surface area contributed by atoms with Crippen molar-refractivity contribution in [3.63, 3.8) is 0 Å². The minimum atomic E-state index is 0.105. The normalized spacial score (nSPS) is 15.2. The molecule has 1 amide bonds. The zero-order valence-electron chi connectivity index (χ0n) is 13.9. The summed E-state index contributed by atoms with van der Waals surface area (Å²) in [5, 5.41) is 3.04. The van der Waals surface area contributed by atoms with Gasteiger partial charge in [-0.1, -0.05) is 37.8 Å². The largest absolute Gasteiger partial charge is 0.491 e. The van der Waals surface area contributed by atoms with Crippen molar-refractivity contribution in [2.45, 2.75) is 64.9 Å². The summed E-state index contributed by atoms with van der Waals surface area (Å²) in [5.41, 5.74) is 1.01. The van der Waals surface area contributed by atoms with E-state index in [9.17, 15) is 4.79 Å². The first-order chi connectivity index (χ1) is 10.6. The maximum absolute atomic E-state index is 12.0. The van der Waals surface area contributed by atoms with Crippen molar-refractivity contribution < 1.29 is 9.53 Å². The molecule has 0 unspecified atom stereocenters. The molecule has 0 heterocycles. The predicted octanol–water partition coefficient (Wildman–Crippen LogP) is 4.10. The molecule has 1 aliphatic carbocycles. The van der Waals surface area contributed by atoms with Gasteiger partial charge in [-0.15, -0.1) is 0 Å². The van der Waals surface area contributed by atoms with Gasteiger partial charge in [0.25, 0.3) is 0 Å². The number of carbonyl (C=O) groups excluding carboxylic acids is 1. The van der Waals surface area contributed by atoms with E-state index in [4.69, 9.17) is 4.74 Å². The molecule has 2 rings (SSSR count). The Bertz CT molecular complexity index is 464. The molecule has 1 fully saturated rings. The van der Waals surface area contributed by atoms with Crippen molar-refractivity contribution in [1.29, 1.82) is 0 Å². The minimum Gasteiger partial charge on any atom is -0.491 e. The lowest BCUT2D eigenvalue weighted by Crippen LogP contribution is -2.26. The average molecular weight is 303 g/mol. The molecule has 1 aromatic rings. The van der Waals surface area contributed by atoms with Gasteiger partial charge in [-0.25, -0.2) is 0 Å². The molecule has 0 atom stereocenters. The van der Waals surface area contributed by atoms with E-state index in [0.717, 1.165) is 30.2 Å². The zero-order chi connectivity index (χ0) is 15.8. The Morgan fingerprint density at radius 2 is 2.09 bits per heavy atom. The Kier molecular flexibility index (Phi) is 6.75. The van der Waals surface area contributed by atoms with E-state index in [1.807, 2.05) is 38.1 Å². The van der Waals surface area contributed by atoms with Crippen LogP contribution in [0.1, 0.15) is 57.9 Å². The molecule has 0 aliphatic heterocycles. The van der Waals surface area contributed by atoms with Gasteiger partial charge in [0.05, 0.1) is 12.5 Å². The van der Waals surface area contributed by atoms with Crippen molar-refractivity contribution >= 4 is 5.91 Å². The third kappa shape index (κ3) is 6.08. The van der Waals surface area contributed by atoms with Crippen LogP contribution in [0.2, 0.25) is 0 Å². The number of rotatable bonds is 8. The number of nitrogens with one attached hydrogen (secondary N) is 1. The molecule has 3 nitrogen and oxygen atoms in total. The number of benzene rings is 1. The lowest BCUT2D eigenvalue weighted by atomic mass is 10.0. The number of hydrogen-bond acceptors (Lipinski definition) is 2. The SMILES string of the molecule is CC(C)Oc1cccc(CC(=O)NCCCC2CCCC2)c1. The Hall–Kier alpha value is -1.51. The van der Waals surface area contributed by atoms with Crippen molar-refractivity contribution in [3.05, 3.63) is 29.8 Å². The third-order valence-electron chi connectivity index (χ3n) is 4.22. The van der Waals surface area contributed by atoms with Crippen LogP contribution in [0.3, 0.4) is 0 Å². The van der Waals surface area contributed by atoms with E-state index >= 15 is 0 Å². The van der Waals surface area contributed by atoms with Crippen LogP contribution in [0, 0.1) is 5.92 Å². The maximum Gasteiger partial charge on any atom is 0.224 e. The Morgan fingerprint density at radius 1 is 1.32 bits per heavy atom. The summed E-state index contributed by atoms with van der Waals surface area (Å²) in [6.07, 6.45) is 8.51. The smallest absolute Gasteiger partial charge is 0.224 e. The van der Waals surface area contributed by atoms with Gasteiger partial charge in [0.2, 0.25) is 5.91 Å². The van der Waals surface area contributed by atoms with Crippen molar-refractivity contribution in [2.24, 2.45) is 5.92 Å². The molecule has 0 bridgehead atoms. The van der Waals surface area contributed by atoms with Crippen LogP contribution in [0.4, 0.5) is 0 Å². The first-order valence-electron chi connectivity index (χ1n) is 8.66. The first kappa shape index (κ1) is 16.9. The standard InChI is InChI=1S/C19H29NO2/c1-15(2)22-18-11-5-9-17(13-18)14-19(21)20-12-6-10-16-7-3-4-8-16/h5,9,11,13,15-16H,3-4,6-8,10,12,14H2,1-2H3,(H,20,21). The molecule has 22 heavy (non-hydrogen) atoms. The van der Waals surface area contributed by atoms with Crippen LogP contribution in [0.5, 0.6) is 5.75 Å². The number of amides is 1. The van der Waals surface area contributed by atoms with E-state index in [2.05, 4.69) is 5.32 Å². The van der Waals surface area contributed by atoms with E-state index in [-0.39, 0.29) is 12.0 Å². The molecule has 1 N–H and O–H groups in total. The molecule has 3 heteroatoms. The fourth-order valence-corrected chi connectivity index (χ4v) is 3.17. The van der Waals surface area contributed by atoms with E-state index in [1.165, 1.54) is 32.1 Å². The summed E-state index contributed by atoms with van der Waals surface area (Å²) < 4.78 is 5.66. The van der Waals surface area contributed by atoms with Crippen molar-refractivity contribution in [2.75, 3.05) is 6.54 Å². The number of hydrogen-bond donors (Lipinski definition) is 1. The molecule has 0 spiro atoms. The van der Waals surface area contributed by atoms with E-state index in [1.54, 1.807) is 0 Å². The molecular formula is C19H29NO2. The lowest BCUT2D eigenvalue weighted by Gasteiger charge is -2.11. The van der Waals surface area contributed by atoms with Gasteiger partial charge >= 0.3 is 0 Å². The van der Waals surface area contributed by atoms with Crippen LogP contribution in [0.25, 0.3) is 0 Å². The van der Waals surface area contributed by atoms with Crippen LogP contribution >= 0.6 is 0 Å². The summed E-state index contributed by atoms with van der Waals surface area (Å²) in [6, 6.07) is 7.81. The monoisotopic (exact) mass is 303 g/mol. The Morgan fingerprint density at radius 3 is 2.82 bits per heavy atom. The van der Waals surface area contributed by atoms with Crippen LogP contribution < -0.4 is 10.1 Å². The quantitative estimate of drug-likeness (QED) is 0.734. The molecule has 1 aromatic carbocycles. The first-order valence-corrected chi connectivity index (χ1v) is 8.66. The van der Waals surface area contributed by atoms with Gasteiger partial charge in [-0.05, 0) is 50.3 Å². The molecule has 1 saturated carbocycles. The van der Waals surface area contributed by atoms with Crippen molar-refractivity contribution in [1.82, 2.24) is 5.32 Å². The highest BCUT2D eigenvalue weighted by atomic mass is 16.5. The summed E-state index contributed by atoms with van der Waals surface area (Å²) in [6.45, 7) is 4.81. The highest BCUT2D eigenvalue weighted by molar-refractivity contribution is 5.78. The average Bonchev–Trinajstić information content (AvgIpc) is 2.96. The lowest BCUT2D eigenvalue weighted by molar-refractivity contribution is -0.120. The minimum absolute atomic E-state index is 0.105. The van der Waals surface area contributed by atoms with Gasteiger partial charge in [0.1, 0.15) is 5.75 Å². The molecule has 1 aliphatic rings. The Balaban J connectivity index is 1.67. The fraction of sp³-hybridized carbons (Fsp3) is 0.632. The summed E-state index contributed by atoms with van der Waals surface area (Å²) in [7, 11) is 0. The fourth-order valence-electron chi connectivity index (χ4n) is 3.17. The zero-order valence-corrected chi connectivity index (χ0v) is 13.9. The topological polar surface area (TPSA) is 38.3 Å². The maximum atomic E-state index is 12.0. The van der Waals surface area contributed by atoms with Crippen LogP contribution in [0.15, 0.2) is 24.3 Å². The number of carbonyl (C=O) groups is 1. The van der Waals surface area contributed by atoms with Crippen molar-refractivity contribution in [3.8, 4) is 5.75 Å². The van der Waals surface area contributed by atoms with Gasteiger partial charge in [0.15, 0.2) is 0 Å². The molecule has 0 aromatic heterocycles. The van der Waals surface area contributed by atoms with Gasteiger partial charge < -0.3 is 10.1 Å². The Labute approximate surface area is 134 Å².